The van der Waals surface area contributed by atoms with Gasteiger partial charge in [-0.25, -0.2) is 4.79 Å². The maximum Gasteiger partial charge on any atom is 0.436 e. The first-order chi connectivity index (χ1) is 13.8. The fourth-order valence-corrected chi connectivity index (χ4v) is 4.45. The smallest absolute Gasteiger partial charge is 0.436 e. The molecule has 2 saturated heterocycles. The summed E-state index contributed by atoms with van der Waals surface area (Å²) in [6.07, 6.45) is -3.68. The molecule has 29 heavy (non-hydrogen) atoms. The van der Waals surface area contributed by atoms with Crippen molar-refractivity contribution in [2.45, 2.75) is 32.2 Å². The average Bonchev–Trinajstić information content (AvgIpc) is 3.43. The number of halogens is 3. The molecule has 1 amide bonds. The second-order valence-corrected chi connectivity index (χ2v) is 7.76. The number of hydrogen-bond donors (Lipinski definition) is 0. The molecule has 4 aliphatic rings. The molecule has 2 saturated carbocycles. The molecule has 6 nitrogen and oxygen atoms in total. The van der Waals surface area contributed by atoms with Crippen LogP contribution >= 0.6 is 0 Å². The number of amides is 1. The van der Waals surface area contributed by atoms with Gasteiger partial charge in [-0.05, 0) is 29.9 Å². The van der Waals surface area contributed by atoms with Crippen LogP contribution in [0.4, 0.5) is 13.2 Å². The van der Waals surface area contributed by atoms with Gasteiger partial charge in [-0.1, -0.05) is 24.3 Å². The lowest BCUT2D eigenvalue weighted by atomic mass is 10.1. The van der Waals surface area contributed by atoms with Crippen molar-refractivity contribution >= 4 is 11.9 Å². The Morgan fingerprint density at radius 2 is 1.76 bits per heavy atom. The Morgan fingerprint density at radius 3 is 2.28 bits per heavy atom. The minimum atomic E-state index is -4.75. The fourth-order valence-electron chi connectivity index (χ4n) is 4.45. The van der Waals surface area contributed by atoms with Gasteiger partial charge in [-0.3, -0.25) is 9.48 Å². The number of hydrogen-bond acceptors (Lipinski definition) is 4. The number of aromatic nitrogens is 2. The molecule has 6 rings (SSSR count). The molecule has 0 radical (unpaired) electrons. The van der Waals surface area contributed by atoms with Gasteiger partial charge in [0.2, 0.25) is 5.91 Å². The number of esters is 1. The lowest BCUT2D eigenvalue weighted by molar-refractivity contribution is -0.142. The number of fused-ring (bicyclic) bond motifs is 1. The second-order valence-electron chi connectivity index (χ2n) is 7.76. The summed E-state index contributed by atoms with van der Waals surface area (Å²) in [5.74, 6) is 0.667. The molecule has 0 N–H and O–H groups in total. The quantitative estimate of drug-likeness (QED) is 0.694. The Balaban J connectivity index is 1.29. The van der Waals surface area contributed by atoms with Crippen molar-refractivity contribution in [2.75, 3.05) is 6.61 Å². The van der Waals surface area contributed by atoms with Crippen LogP contribution in [0.15, 0.2) is 30.5 Å². The maximum absolute atomic E-state index is 13.2. The summed E-state index contributed by atoms with van der Waals surface area (Å²) in [6.45, 7) is 2.16. The van der Waals surface area contributed by atoms with Gasteiger partial charge in [-0.15, -0.1) is 0 Å². The SMILES string of the molecule is CCOC(=O)c1cn(Cc2ccc(CN3C(=O)[C@@H]4C5C3[C@@H]54)cc2)nc1C(F)(F)F. The first-order valence-corrected chi connectivity index (χ1v) is 9.49. The standard InChI is InChI=1S/C20H18F3N3O3/c1-2-29-19(28)12-9-25(24-17(12)20(21,22)23)7-10-3-5-11(6-4-10)8-26-16-13-14(16)15(13)18(26)27/h3-6,9,13-16H,2,7-8H2,1H3/t13-,14?,15-,16?/m0/s1. The third-order valence-electron chi connectivity index (χ3n) is 5.95. The highest BCUT2D eigenvalue weighted by molar-refractivity contribution is 5.92. The summed E-state index contributed by atoms with van der Waals surface area (Å²) in [5.41, 5.74) is -0.118. The fraction of sp³-hybridized carbons (Fsp3) is 0.450. The van der Waals surface area contributed by atoms with Crippen molar-refractivity contribution in [3.63, 3.8) is 0 Å². The first-order valence-electron chi connectivity index (χ1n) is 9.49. The van der Waals surface area contributed by atoms with Gasteiger partial charge < -0.3 is 9.64 Å². The summed E-state index contributed by atoms with van der Waals surface area (Å²) < 4.78 is 45.4. The molecular formula is C20H18F3N3O3. The van der Waals surface area contributed by atoms with E-state index in [-0.39, 0.29) is 25.0 Å². The highest BCUT2D eigenvalue weighted by Crippen LogP contribution is 2.76. The van der Waals surface area contributed by atoms with Crippen molar-refractivity contribution in [2.24, 2.45) is 17.8 Å². The van der Waals surface area contributed by atoms with Crippen molar-refractivity contribution in [1.29, 1.82) is 0 Å². The van der Waals surface area contributed by atoms with Crippen LogP contribution in [-0.2, 0) is 28.8 Å². The second kappa shape index (κ2) is 6.08. The van der Waals surface area contributed by atoms with Gasteiger partial charge in [0.1, 0.15) is 5.56 Å². The number of carbonyl (C=O) groups is 2. The van der Waals surface area contributed by atoms with Gasteiger partial charge >= 0.3 is 12.1 Å². The summed E-state index contributed by atoms with van der Waals surface area (Å²) in [5, 5.41) is 3.55. The van der Waals surface area contributed by atoms with Gasteiger partial charge in [0.05, 0.1) is 13.2 Å². The molecule has 4 fully saturated rings. The van der Waals surface area contributed by atoms with Crippen LogP contribution in [0, 0.1) is 17.8 Å². The van der Waals surface area contributed by atoms with E-state index in [0.717, 1.165) is 22.0 Å². The Hall–Kier alpha value is -2.84. The van der Waals surface area contributed by atoms with Crippen LogP contribution in [0.25, 0.3) is 0 Å². The summed E-state index contributed by atoms with van der Waals surface area (Å²) in [6, 6.07) is 7.76. The van der Waals surface area contributed by atoms with Crippen LogP contribution in [0.5, 0.6) is 0 Å². The zero-order valence-corrected chi connectivity index (χ0v) is 15.5. The lowest BCUT2D eigenvalue weighted by Gasteiger charge is -2.16. The van der Waals surface area contributed by atoms with E-state index in [2.05, 4.69) is 5.10 Å². The van der Waals surface area contributed by atoms with Crippen molar-refractivity contribution in [1.82, 2.24) is 14.7 Å². The van der Waals surface area contributed by atoms with Crippen LogP contribution in [0.1, 0.15) is 34.1 Å². The molecule has 2 aliphatic carbocycles. The van der Waals surface area contributed by atoms with Gasteiger partial charge in [0, 0.05) is 24.7 Å². The zero-order valence-electron chi connectivity index (χ0n) is 15.5. The molecular weight excluding hydrogens is 387 g/mol. The van der Waals surface area contributed by atoms with E-state index in [0.29, 0.717) is 24.4 Å². The molecule has 2 aromatic rings. The van der Waals surface area contributed by atoms with Crippen LogP contribution in [0.2, 0.25) is 0 Å². The third-order valence-corrected chi connectivity index (χ3v) is 5.95. The number of ether oxygens (including phenoxy) is 1. The molecule has 2 bridgehead atoms. The van der Waals surface area contributed by atoms with Crippen LogP contribution in [0.3, 0.4) is 0 Å². The normalized spacial score (nSPS) is 26.5. The van der Waals surface area contributed by atoms with Crippen LogP contribution < -0.4 is 0 Å². The number of carbonyl (C=O) groups excluding carboxylic acids is 2. The number of rotatable bonds is 6. The average molecular weight is 405 g/mol. The topological polar surface area (TPSA) is 64.4 Å². The monoisotopic (exact) mass is 405 g/mol. The van der Waals surface area contributed by atoms with Gasteiger partial charge in [0.15, 0.2) is 5.69 Å². The minimum absolute atomic E-state index is 0.0224. The Kier molecular flexibility index (Phi) is 3.81. The molecule has 2 aliphatic heterocycles. The Bertz CT molecular complexity index is 989. The minimum Gasteiger partial charge on any atom is -0.462 e. The highest BCUT2D eigenvalue weighted by atomic mass is 19.4. The van der Waals surface area contributed by atoms with E-state index in [1.165, 1.54) is 6.92 Å². The number of benzene rings is 1. The molecule has 0 spiro atoms. The third kappa shape index (κ3) is 2.90. The maximum atomic E-state index is 13.2. The molecule has 9 heteroatoms. The Labute approximate surface area is 164 Å². The number of alkyl halides is 3. The predicted molar refractivity (Wildman–Crippen MR) is 93.5 cm³/mol. The van der Waals surface area contributed by atoms with E-state index in [9.17, 15) is 22.8 Å². The van der Waals surface area contributed by atoms with E-state index in [1.54, 1.807) is 12.1 Å². The summed E-state index contributed by atoms with van der Waals surface area (Å²) >= 11 is 0. The zero-order chi connectivity index (χ0) is 20.5. The van der Waals surface area contributed by atoms with Crippen molar-refractivity contribution < 1.29 is 27.5 Å². The van der Waals surface area contributed by atoms with E-state index in [4.69, 9.17) is 4.74 Å². The molecule has 2 unspecified atom stereocenters. The van der Waals surface area contributed by atoms with Gasteiger partial charge in [-0.2, -0.15) is 18.3 Å². The lowest BCUT2D eigenvalue weighted by Crippen LogP contribution is -2.25. The largest absolute Gasteiger partial charge is 0.462 e. The molecule has 3 heterocycles. The molecule has 152 valence electrons. The predicted octanol–water partition coefficient (Wildman–Crippen LogP) is 2.71. The Morgan fingerprint density at radius 1 is 1.14 bits per heavy atom. The summed E-state index contributed by atoms with van der Waals surface area (Å²) in [4.78, 5) is 25.9. The summed E-state index contributed by atoms with van der Waals surface area (Å²) in [7, 11) is 0. The van der Waals surface area contributed by atoms with E-state index in [1.807, 2.05) is 17.0 Å². The molecule has 1 aromatic heterocycles. The van der Waals surface area contributed by atoms with Crippen molar-refractivity contribution in [3.8, 4) is 0 Å². The highest BCUT2D eigenvalue weighted by Gasteiger charge is 2.84. The number of piperidine rings is 1. The molecule has 4 atom stereocenters. The first kappa shape index (κ1) is 18.2. The number of nitrogens with zero attached hydrogens (tertiary/aromatic N) is 3. The van der Waals surface area contributed by atoms with Crippen molar-refractivity contribution in [3.05, 3.63) is 52.8 Å². The van der Waals surface area contributed by atoms with E-state index >= 15 is 0 Å². The molecule has 1 aromatic carbocycles. The van der Waals surface area contributed by atoms with Crippen LogP contribution in [-0.4, -0.2) is 39.2 Å². The van der Waals surface area contributed by atoms with Gasteiger partial charge in [0.25, 0.3) is 0 Å². The van der Waals surface area contributed by atoms with E-state index < -0.39 is 23.4 Å².